The van der Waals surface area contributed by atoms with E-state index in [1.807, 2.05) is 13.8 Å². The lowest BCUT2D eigenvalue weighted by molar-refractivity contribution is 0.0945. The van der Waals surface area contributed by atoms with Gasteiger partial charge in [-0.15, -0.1) is 6.58 Å². The summed E-state index contributed by atoms with van der Waals surface area (Å²) in [5, 5.41) is 18.1. The van der Waals surface area contributed by atoms with Crippen LogP contribution < -0.4 is 0 Å². The highest BCUT2D eigenvalue weighted by Crippen LogP contribution is 2.13. The van der Waals surface area contributed by atoms with E-state index in [0.717, 1.165) is 0 Å². The van der Waals surface area contributed by atoms with Crippen LogP contribution in [-0.2, 0) is 0 Å². The Labute approximate surface area is 68.6 Å². The summed E-state index contributed by atoms with van der Waals surface area (Å²) >= 11 is 0. The van der Waals surface area contributed by atoms with Crippen molar-refractivity contribution in [3.63, 3.8) is 0 Å². The Bertz CT molecular complexity index is 112. The van der Waals surface area contributed by atoms with Crippen LogP contribution >= 0.6 is 0 Å². The van der Waals surface area contributed by atoms with E-state index < -0.39 is 0 Å². The van der Waals surface area contributed by atoms with Crippen LogP contribution in [0.25, 0.3) is 0 Å². The molecule has 0 bridgehead atoms. The molecular formula is C9H18O2. The van der Waals surface area contributed by atoms with Crippen molar-refractivity contribution >= 4 is 0 Å². The highest BCUT2D eigenvalue weighted by molar-refractivity contribution is 4.81. The monoisotopic (exact) mass is 158 g/mol. The summed E-state index contributed by atoms with van der Waals surface area (Å²) in [7, 11) is 0. The summed E-state index contributed by atoms with van der Waals surface area (Å²) in [4.78, 5) is 0. The van der Waals surface area contributed by atoms with E-state index in [-0.39, 0.29) is 24.5 Å². The molecule has 0 aliphatic heterocycles. The Balaban J connectivity index is 3.66. The largest absolute Gasteiger partial charge is 0.396 e. The fourth-order valence-electron chi connectivity index (χ4n) is 0.859. The van der Waals surface area contributed by atoms with Crippen LogP contribution in [0.5, 0.6) is 0 Å². The van der Waals surface area contributed by atoms with Gasteiger partial charge in [-0.05, 0) is 18.3 Å². The molecule has 0 aromatic rings. The molecule has 2 nitrogen and oxygen atoms in total. The first kappa shape index (κ1) is 10.7. The molecule has 0 rings (SSSR count). The molecule has 0 aromatic heterocycles. The number of hydrogen-bond donors (Lipinski definition) is 2. The van der Waals surface area contributed by atoms with Crippen LogP contribution in [0.2, 0.25) is 0 Å². The molecule has 0 amide bonds. The minimum Gasteiger partial charge on any atom is -0.396 e. The third-order valence-corrected chi connectivity index (χ3v) is 1.93. The first-order valence-electron chi connectivity index (χ1n) is 4.03. The Morgan fingerprint density at radius 3 is 2.36 bits per heavy atom. The third-order valence-electron chi connectivity index (χ3n) is 1.93. The lowest BCUT2D eigenvalue weighted by atomic mass is 9.96. The van der Waals surface area contributed by atoms with E-state index in [2.05, 4.69) is 6.58 Å². The van der Waals surface area contributed by atoms with Gasteiger partial charge in [0.15, 0.2) is 0 Å². The molecule has 0 heterocycles. The van der Waals surface area contributed by atoms with Crippen LogP contribution in [0, 0.1) is 11.8 Å². The molecule has 0 aliphatic rings. The van der Waals surface area contributed by atoms with E-state index >= 15 is 0 Å². The second-order valence-corrected chi connectivity index (χ2v) is 3.19. The number of aliphatic hydroxyl groups is 2. The molecule has 3 atom stereocenters. The summed E-state index contributed by atoms with van der Waals surface area (Å²) in [5.41, 5.74) is 0. The maximum absolute atomic E-state index is 9.44. The molecule has 0 radical (unpaired) electrons. The van der Waals surface area contributed by atoms with Crippen molar-refractivity contribution < 1.29 is 10.2 Å². The van der Waals surface area contributed by atoms with Crippen molar-refractivity contribution in [2.24, 2.45) is 11.8 Å². The second-order valence-electron chi connectivity index (χ2n) is 3.19. The Kier molecular flexibility index (Phi) is 5.16. The lowest BCUT2D eigenvalue weighted by Gasteiger charge is -2.17. The third kappa shape index (κ3) is 4.17. The molecule has 11 heavy (non-hydrogen) atoms. The van der Waals surface area contributed by atoms with E-state index in [1.165, 1.54) is 0 Å². The molecule has 0 spiro atoms. The fourth-order valence-corrected chi connectivity index (χ4v) is 0.859. The summed E-state index contributed by atoms with van der Waals surface area (Å²) in [6.45, 7) is 7.57. The SMILES string of the molecule is C=C[C@@H](C)[C@@H](O)C[C@H](C)CO. The van der Waals surface area contributed by atoms with Gasteiger partial charge >= 0.3 is 0 Å². The van der Waals surface area contributed by atoms with Crippen LogP contribution in [0.4, 0.5) is 0 Å². The Morgan fingerprint density at radius 1 is 1.45 bits per heavy atom. The highest BCUT2D eigenvalue weighted by atomic mass is 16.3. The van der Waals surface area contributed by atoms with Gasteiger partial charge in [0, 0.05) is 6.61 Å². The maximum Gasteiger partial charge on any atom is 0.0603 e. The molecule has 2 N–H and O–H groups in total. The topological polar surface area (TPSA) is 40.5 Å². The average molecular weight is 158 g/mol. The van der Waals surface area contributed by atoms with Gasteiger partial charge in [-0.25, -0.2) is 0 Å². The second kappa shape index (κ2) is 5.33. The summed E-state index contributed by atoms with van der Waals surface area (Å²) in [6.07, 6.45) is 2.01. The standard InChI is InChI=1S/C9H18O2/c1-4-8(3)9(11)5-7(2)6-10/h4,7-11H,1,5-6H2,2-3H3/t7-,8+,9-/m0/s1. The van der Waals surface area contributed by atoms with Gasteiger partial charge in [0.25, 0.3) is 0 Å². The average Bonchev–Trinajstić information content (AvgIpc) is 2.02. The van der Waals surface area contributed by atoms with E-state index in [1.54, 1.807) is 6.08 Å². The van der Waals surface area contributed by atoms with Gasteiger partial charge in [0.1, 0.15) is 0 Å². The summed E-state index contributed by atoms with van der Waals surface area (Å²) < 4.78 is 0. The number of aliphatic hydroxyl groups excluding tert-OH is 2. The van der Waals surface area contributed by atoms with Crippen molar-refractivity contribution in [1.82, 2.24) is 0 Å². The van der Waals surface area contributed by atoms with E-state index in [9.17, 15) is 5.11 Å². The van der Waals surface area contributed by atoms with Crippen LogP contribution in [0.3, 0.4) is 0 Å². The molecule has 0 saturated carbocycles. The van der Waals surface area contributed by atoms with Crippen molar-refractivity contribution in [1.29, 1.82) is 0 Å². The predicted molar refractivity (Wildman–Crippen MR) is 46.2 cm³/mol. The number of hydrogen-bond acceptors (Lipinski definition) is 2. The highest BCUT2D eigenvalue weighted by Gasteiger charge is 2.13. The molecule has 0 saturated heterocycles. The van der Waals surface area contributed by atoms with Gasteiger partial charge in [0.2, 0.25) is 0 Å². The fraction of sp³-hybridized carbons (Fsp3) is 0.778. The summed E-state index contributed by atoms with van der Waals surface area (Å²) in [6, 6.07) is 0. The van der Waals surface area contributed by atoms with Crippen molar-refractivity contribution in [3.05, 3.63) is 12.7 Å². The first-order chi connectivity index (χ1) is 5.11. The molecular weight excluding hydrogens is 140 g/mol. The van der Waals surface area contributed by atoms with Crippen LogP contribution in [0.1, 0.15) is 20.3 Å². The first-order valence-corrected chi connectivity index (χ1v) is 4.03. The van der Waals surface area contributed by atoms with E-state index in [0.29, 0.717) is 6.42 Å². The zero-order chi connectivity index (χ0) is 8.85. The Morgan fingerprint density at radius 2 is 2.00 bits per heavy atom. The minimum absolute atomic E-state index is 0.115. The minimum atomic E-state index is -0.366. The molecule has 0 fully saturated rings. The molecule has 0 aromatic carbocycles. The van der Waals surface area contributed by atoms with Gasteiger partial charge < -0.3 is 10.2 Å². The summed E-state index contributed by atoms with van der Waals surface area (Å²) in [5.74, 6) is 0.288. The zero-order valence-electron chi connectivity index (χ0n) is 7.33. The number of rotatable bonds is 5. The van der Waals surface area contributed by atoms with Crippen molar-refractivity contribution in [2.75, 3.05) is 6.61 Å². The predicted octanol–water partition coefficient (Wildman–Crippen LogP) is 1.19. The van der Waals surface area contributed by atoms with Crippen molar-refractivity contribution in [2.45, 2.75) is 26.4 Å². The van der Waals surface area contributed by atoms with Gasteiger partial charge in [-0.1, -0.05) is 19.9 Å². The van der Waals surface area contributed by atoms with Gasteiger partial charge in [0.05, 0.1) is 6.10 Å². The molecule has 2 heteroatoms. The smallest absolute Gasteiger partial charge is 0.0603 e. The maximum atomic E-state index is 9.44. The quantitative estimate of drug-likeness (QED) is 0.590. The molecule has 66 valence electrons. The van der Waals surface area contributed by atoms with E-state index in [4.69, 9.17) is 5.11 Å². The normalized spacial score (nSPS) is 18.9. The van der Waals surface area contributed by atoms with Gasteiger partial charge in [-0.2, -0.15) is 0 Å². The van der Waals surface area contributed by atoms with Gasteiger partial charge in [-0.3, -0.25) is 0 Å². The van der Waals surface area contributed by atoms with Crippen molar-refractivity contribution in [3.8, 4) is 0 Å². The lowest BCUT2D eigenvalue weighted by Crippen LogP contribution is -2.20. The Hall–Kier alpha value is -0.340. The molecule has 0 aliphatic carbocycles. The zero-order valence-corrected chi connectivity index (χ0v) is 7.33. The molecule has 0 unspecified atom stereocenters. The van der Waals surface area contributed by atoms with Crippen LogP contribution in [0.15, 0.2) is 12.7 Å². The van der Waals surface area contributed by atoms with Crippen LogP contribution in [-0.4, -0.2) is 22.9 Å².